The molecule has 1 aliphatic heterocycles. The van der Waals surface area contributed by atoms with Gasteiger partial charge in [0.05, 0.1) is 6.61 Å². The van der Waals surface area contributed by atoms with Crippen molar-refractivity contribution in [3.63, 3.8) is 0 Å². The molecule has 3 rings (SSSR count). The van der Waals surface area contributed by atoms with Crippen molar-refractivity contribution in [1.29, 1.82) is 0 Å². The van der Waals surface area contributed by atoms with E-state index in [9.17, 15) is 9.60 Å². The first-order valence-electron chi connectivity index (χ1n) is 8.18. The Morgan fingerprint density at radius 2 is 2.28 bits per heavy atom. The highest BCUT2D eigenvalue weighted by molar-refractivity contribution is 6.00. The quantitative estimate of drug-likeness (QED) is 0.490. The normalized spacial score (nSPS) is 18.5. The fourth-order valence-corrected chi connectivity index (χ4v) is 2.64. The molecule has 1 saturated heterocycles. The van der Waals surface area contributed by atoms with Crippen molar-refractivity contribution in [2.24, 2.45) is 5.16 Å². The van der Waals surface area contributed by atoms with E-state index < -0.39 is 0 Å². The monoisotopic (exact) mass is 349 g/mol. The van der Waals surface area contributed by atoms with E-state index in [4.69, 9.17) is 14.1 Å². The second-order valence-electron chi connectivity index (χ2n) is 5.97. The lowest BCUT2D eigenvalue weighted by Crippen LogP contribution is -2.22. The van der Waals surface area contributed by atoms with Crippen LogP contribution in [0.1, 0.15) is 41.8 Å². The Kier molecular flexibility index (Phi) is 5.72. The highest BCUT2D eigenvalue weighted by Gasteiger charge is 2.21. The van der Waals surface area contributed by atoms with E-state index in [0.29, 0.717) is 29.1 Å². The van der Waals surface area contributed by atoms with Crippen molar-refractivity contribution in [2.45, 2.75) is 45.5 Å². The first kappa shape index (κ1) is 17.5. The number of hydrogen-bond donors (Lipinski definition) is 1. The Bertz CT molecular complexity index is 741. The zero-order chi connectivity index (χ0) is 17.6. The summed E-state index contributed by atoms with van der Waals surface area (Å²) in [6, 6.07) is 4.84. The van der Waals surface area contributed by atoms with E-state index in [1.807, 2.05) is 0 Å². The molecule has 1 fully saturated rings. The summed E-state index contributed by atoms with van der Waals surface area (Å²) in [4.78, 5) is 0. The summed E-state index contributed by atoms with van der Waals surface area (Å²) in [7, 11) is 0. The number of ether oxygens (including phenoxy) is 2. The molecule has 0 aliphatic carbocycles. The van der Waals surface area contributed by atoms with E-state index in [1.165, 1.54) is 6.07 Å². The molecule has 134 valence electrons. The van der Waals surface area contributed by atoms with Gasteiger partial charge >= 0.3 is 0 Å². The summed E-state index contributed by atoms with van der Waals surface area (Å²) in [5.41, 5.74) is 2.14. The molecule has 2 aromatic rings. The molecule has 1 aromatic carbocycles. The highest BCUT2D eigenvalue weighted by Crippen LogP contribution is 2.18. The molecule has 8 heteroatoms. The Hall–Kier alpha value is -2.32. The van der Waals surface area contributed by atoms with E-state index in [-0.39, 0.29) is 30.8 Å². The minimum atomic E-state index is -0.314. The van der Waals surface area contributed by atoms with Gasteiger partial charge in [-0.2, -0.15) is 0 Å². The lowest BCUT2D eigenvalue weighted by molar-refractivity contribution is -0.169. The first-order chi connectivity index (χ1) is 12.2. The summed E-state index contributed by atoms with van der Waals surface area (Å²) in [6.45, 7) is 2.49. The Balaban J connectivity index is 1.69. The molecule has 1 unspecified atom stereocenters. The van der Waals surface area contributed by atoms with Crippen LogP contribution in [0.5, 0.6) is 0 Å². The van der Waals surface area contributed by atoms with Crippen LogP contribution in [0.2, 0.25) is 0 Å². The summed E-state index contributed by atoms with van der Waals surface area (Å²) in [5.74, 6) is -0.314. The Morgan fingerprint density at radius 3 is 3.00 bits per heavy atom. The van der Waals surface area contributed by atoms with Crippen LogP contribution in [0.25, 0.3) is 0 Å². The van der Waals surface area contributed by atoms with Gasteiger partial charge in [0.2, 0.25) is 0 Å². The Morgan fingerprint density at radius 1 is 1.40 bits per heavy atom. The van der Waals surface area contributed by atoms with E-state index in [0.717, 1.165) is 19.3 Å². The number of benzene rings is 1. The van der Waals surface area contributed by atoms with Crippen LogP contribution < -0.4 is 0 Å². The molecule has 25 heavy (non-hydrogen) atoms. The number of aromatic nitrogens is 2. The number of halogens is 1. The summed E-state index contributed by atoms with van der Waals surface area (Å²) in [5, 5.41) is 20.2. The minimum Gasteiger partial charge on any atom is -0.411 e. The lowest BCUT2D eigenvalue weighted by Gasteiger charge is -2.22. The largest absolute Gasteiger partial charge is 0.411 e. The predicted octanol–water partition coefficient (Wildman–Crippen LogP) is 2.98. The maximum Gasteiger partial charge on any atom is 0.158 e. The zero-order valence-electron chi connectivity index (χ0n) is 13.9. The molecule has 0 spiro atoms. The van der Waals surface area contributed by atoms with Crippen LogP contribution in [0, 0.1) is 12.7 Å². The van der Waals surface area contributed by atoms with Crippen molar-refractivity contribution in [2.75, 3.05) is 6.61 Å². The summed E-state index contributed by atoms with van der Waals surface area (Å²) in [6.07, 6.45) is 2.82. The van der Waals surface area contributed by atoms with Gasteiger partial charge in [-0.1, -0.05) is 22.4 Å². The van der Waals surface area contributed by atoms with Gasteiger partial charge in [-0.05, 0) is 48.5 Å². The molecular weight excluding hydrogens is 329 g/mol. The standard InChI is InChI=1S/C17H20FN3O4/c1-11-5-6-12(8-13(11)18)9-14(19-22)17-15(20-25-21-17)10-24-16-4-2-3-7-23-16/h5-6,8,16,22H,2-4,7,9-10H2,1H3/b19-14+. The molecule has 1 atom stereocenters. The van der Waals surface area contributed by atoms with E-state index in [2.05, 4.69) is 15.5 Å². The van der Waals surface area contributed by atoms with Gasteiger partial charge in [0.1, 0.15) is 17.2 Å². The van der Waals surface area contributed by atoms with Crippen molar-refractivity contribution >= 4 is 5.71 Å². The smallest absolute Gasteiger partial charge is 0.158 e. The van der Waals surface area contributed by atoms with E-state index >= 15 is 0 Å². The molecular formula is C17H20FN3O4. The molecule has 1 N–H and O–H groups in total. The van der Waals surface area contributed by atoms with E-state index in [1.54, 1.807) is 19.1 Å². The second kappa shape index (κ2) is 8.17. The minimum absolute atomic E-state index is 0.130. The summed E-state index contributed by atoms with van der Waals surface area (Å²) >= 11 is 0. The molecule has 1 aromatic heterocycles. The average molecular weight is 349 g/mol. The molecule has 2 heterocycles. The number of aryl methyl sites for hydroxylation is 1. The summed E-state index contributed by atoms with van der Waals surface area (Å²) < 4.78 is 29.6. The van der Waals surface area contributed by atoms with Gasteiger partial charge in [-0.25, -0.2) is 9.02 Å². The molecule has 0 saturated carbocycles. The van der Waals surface area contributed by atoms with Crippen molar-refractivity contribution < 1.29 is 23.7 Å². The van der Waals surface area contributed by atoms with Crippen LogP contribution in [0.3, 0.4) is 0 Å². The van der Waals surface area contributed by atoms with Crippen LogP contribution in [-0.2, 0) is 22.5 Å². The van der Waals surface area contributed by atoms with Crippen molar-refractivity contribution in [3.05, 3.63) is 46.5 Å². The second-order valence-corrected chi connectivity index (χ2v) is 5.97. The molecule has 0 radical (unpaired) electrons. The van der Waals surface area contributed by atoms with Crippen LogP contribution in [0.15, 0.2) is 28.0 Å². The fraction of sp³-hybridized carbons (Fsp3) is 0.471. The molecule has 7 nitrogen and oxygen atoms in total. The van der Waals surface area contributed by atoms with Crippen molar-refractivity contribution in [3.8, 4) is 0 Å². The number of nitrogens with zero attached hydrogens (tertiary/aromatic N) is 3. The van der Waals surface area contributed by atoms with Gasteiger partial charge in [-0.3, -0.25) is 0 Å². The lowest BCUT2D eigenvalue weighted by atomic mass is 10.0. The molecule has 1 aliphatic rings. The van der Waals surface area contributed by atoms with Gasteiger partial charge in [-0.15, -0.1) is 0 Å². The zero-order valence-corrected chi connectivity index (χ0v) is 13.9. The van der Waals surface area contributed by atoms with Crippen LogP contribution in [-0.4, -0.2) is 34.1 Å². The van der Waals surface area contributed by atoms with Gasteiger partial charge in [0, 0.05) is 13.0 Å². The van der Waals surface area contributed by atoms with Gasteiger partial charge in [0.15, 0.2) is 12.0 Å². The maximum atomic E-state index is 13.7. The van der Waals surface area contributed by atoms with Crippen LogP contribution >= 0.6 is 0 Å². The fourth-order valence-electron chi connectivity index (χ4n) is 2.64. The third-order valence-corrected chi connectivity index (χ3v) is 4.10. The van der Waals surface area contributed by atoms with Crippen LogP contribution in [0.4, 0.5) is 4.39 Å². The highest BCUT2D eigenvalue weighted by atomic mass is 19.1. The first-order valence-corrected chi connectivity index (χ1v) is 8.18. The third kappa shape index (κ3) is 4.40. The van der Waals surface area contributed by atoms with Gasteiger partial charge in [0.25, 0.3) is 0 Å². The SMILES string of the molecule is Cc1ccc(C/C(=N\O)c2nonc2COC2CCCCO2)cc1F. The Labute approximate surface area is 144 Å². The number of oxime groups is 1. The number of rotatable bonds is 6. The molecule has 0 bridgehead atoms. The number of hydrogen-bond acceptors (Lipinski definition) is 7. The van der Waals surface area contributed by atoms with Gasteiger partial charge < -0.3 is 14.7 Å². The average Bonchev–Trinajstić information content (AvgIpc) is 3.10. The third-order valence-electron chi connectivity index (χ3n) is 4.10. The van der Waals surface area contributed by atoms with Crippen molar-refractivity contribution in [1.82, 2.24) is 10.3 Å². The topological polar surface area (TPSA) is 90.0 Å². The molecule has 0 amide bonds. The predicted molar refractivity (Wildman–Crippen MR) is 85.8 cm³/mol. The maximum absolute atomic E-state index is 13.7.